The van der Waals surface area contributed by atoms with E-state index in [0.29, 0.717) is 50.2 Å². The summed E-state index contributed by atoms with van der Waals surface area (Å²) < 4.78 is 18.3. The Kier molecular flexibility index (Phi) is 7.25. The maximum atomic E-state index is 12.9. The van der Waals surface area contributed by atoms with Crippen LogP contribution in [0.3, 0.4) is 0 Å². The monoisotopic (exact) mass is 391 g/mol. The summed E-state index contributed by atoms with van der Waals surface area (Å²) in [5, 5.41) is 3.37. The van der Waals surface area contributed by atoms with Crippen LogP contribution in [0, 0.1) is 17.7 Å². The number of hydrogen-bond acceptors (Lipinski definition) is 4. The van der Waals surface area contributed by atoms with Gasteiger partial charge in [0.15, 0.2) is 6.61 Å². The minimum atomic E-state index is -0.339. The van der Waals surface area contributed by atoms with Crippen LogP contribution in [0.1, 0.15) is 26.2 Å². The predicted molar refractivity (Wildman–Crippen MR) is 104 cm³/mol. The number of halogens is 1. The summed E-state index contributed by atoms with van der Waals surface area (Å²) in [6.07, 6.45) is 2.88. The van der Waals surface area contributed by atoms with E-state index < -0.39 is 0 Å². The van der Waals surface area contributed by atoms with Crippen molar-refractivity contribution in [1.29, 1.82) is 0 Å². The normalized spacial score (nSPS) is 19.4. The molecular formula is C21H30FN3O3. The molecule has 1 N–H and O–H groups in total. The van der Waals surface area contributed by atoms with Gasteiger partial charge in [-0.2, -0.15) is 0 Å². The number of piperazine rings is 1. The van der Waals surface area contributed by atoms with Crippen molar-refractivity contribution < 1.29 is 18.7 Å². The second kappa shape index (κ2) is 9.87. The van der Waals surface area contributed by atoms with Crippen molar-refractivity contribution in [3.63, 3.8) is 0 Å². The summed E-state index contributed by atoms with van der Waals surface area (Å²) in [4.78, 5) is 28.5. The molecule has 1 atom stereocenters. The third kappa shape index (κ3) is 5.67. The number of piperidine rings is 1. The van der Waals surface area contributed by atoms with E-state index in [1.807, 2.05) is 4.90 Å². The SMILES string of the molecule is CC(CC(=O)N1CCN(C(=O)COc2ccc(F)cc2)CC1)C1CCNCC1. The van der Waals surface area contributed by atoms with Gasteiger partial charge in [0.1, 0.15) is 11.6 Å². The zero-order valence-corrected chi connectivity index (χ0v) is 16.5. The molecule has 2 aliphatic heterocycles. The van der Waals surface area contributed by atoms with Crippen molar-refractivity contribution in [3.8, 4) is 5.75 Å². The minimum absolute atomic E-state index is 0.0771. The fourth-order valence-corrected chi connectivity index (χ4v) is 3.96. The van der Waals surface area contributed by atoms with Gasteiger partial charge in [-0.05, 0) is 62.0 Å². The van der Waals surface area contributed by atoms with Crippen molar-refractivity contribution in [2.45, 2.75) is 26.2 Å². The summed E-state index contributed by atoms with van der Waals surface area (Å²) >= 11 is 0. The summed E-state index contributed by atoms with van der Waals surface area (Å²) in [6.45, 7) is 6.39. The van der Waals surface area contributed by atoms with Crippen LogP contribution < -0.4 is 10.1 Å². The lowest BCUT2D eigenvalue weighted by Gasteiger charge is -2.36. The topological polar surface area (TPSA) is 61.9 Å². The van der Waals surface area contributed by atoms with Gasteiger partial charge in [-0.15, -0.1) is 0 Å². The lowest BCUT2D eigenvalue weighted by molar-refractivity contribution is -0.141. The van der Waals surface area contributed by atoms with Gasteiger partial charge in [0.05, 0.1) is 0 Å². The quantitative estimate of drug-likeness (QED) is 0.805. The molecule has 1 aromatic carbocycles. The highest BCUT2D eigenvalue weighted by Gasteiger charge is 2.27. The maximum absolute atomic E-state index is 12.9. The van der Waals surface area contributed by atoms with Crippen molar-refractivity contribution in [3.05, 3.63) is 30.1 Å². The van der Waals surface area contributed by atoms with E-state index in [0.717, 1.165) is 25.9 Å². The lowest BCUT2D eigenvalue weighted by atomic mass is 9.84. The maximum Gasteiger partial charge on any atom is 0.260 e. The molecule has 2 fully saturated rings. The first-order valence-electron chi connectivity index (χ1n) is 10.2. The van der Waals surface area contributed by atoms with Crippen LogP contribution in [0.4, 0.5) is 4.39 Å². The molecule has 6 nitrogen and oxygen atoms in total. The number of carbonyl (C=O) groups is 2. The molecule has 7 heteroatoms. The zero-order valence-electron chi connectivity index (χ0n) is 16.5. The summed E-state index contributed by atoms with van der Waals surface area (Å²) in [5.41, 5.74) is 0. The van der Waals surface area contributed by atoms with Gasteiger partial charge in [0.2, 0.25) is 5.91 Å². The van der Waals surface area contributed by atoms with E-state index in [2.05, 4.69) is 12.2 Å². The molecule has 2 saturated heterocycles. The molecular weight excluding hydrogens is 361 g/mol. The molecule has 0 bridgehead atoms. The standard InChI is InChI=1S/C21H30FN3O3/c1-16(17-6-8-23-9-7-17)14-20(26)24-10-12-25(13-11-24)21(27)15-28-19-4-2-18(22)3-5-19/h2-5,16-17,23H,6-15H2,1H3. The van der Waals surface area contributed by atoms with Gasteiger partial charge in [-0.25, -0.2) is 4.39 Å². The molecule has 2 amide bonds. The Morgan fingerprint density at radius 1 is 1.07 bits per heavy atom. The fourth-order valence-electron chi connectivity index (χ4n) is 3.96. The second-order valence-electron chi connectivity index (χ2n) is 7.77. The van der Waals surface area contributed by atoms with E-state index in [1.165, 1.54) is 24.3 Å². The van der Waals surface area contributed by atoms with Crippen LogP contribution in [0.25, 0.3) is 0 Å². The number of benzene rings is 1. The molecule has 0 radical (unpaired) electrons. The zero-order chi connectivity index (χ0) is 19.9. The summed E-state index contributed by atoms with van der Waals surface area (Å²) in [6, 6.07) is 5.61. The highest BCUT2D eigenvalue weighted by Crippen LogP contribution is 2.25. The first-order chi connectivity index (χ1) is 13.5. The number of amides is 2. The number of hydrogen-bond donors (Lipinski definition) is 1. The molecule has 1 unspecified atom stereocenters. The Labute approximate surface area is 166 Å². The molecule has 154 valence electrons. The lowest BCUT2D eigenvalue weighted by Crippen LogP contribution is -2.52. The van der Waals surface area contributed by atoms with Crippen molar-refractivity contribution >= 4 is 11.8 Å². The van der Waals surface area contributed by atoms with Gasteiger partial charge in [-0.1, -0.05) is 6.92 Å². The van der Waals surface area contributed by atoms with Crippen LogP contribution in [0.15, 0.2) is 24.3 Å². The average Bonchev–Trinajstić information content (AvgIpc) is 2.73. The first kappa shape index (κ1) is 20.6. The van der Waals surface area contributed by atoms with Crippen LogP contribution in [0.5, 0.6) is 5.75 Å². The summed E-state index contributed by atoms with van der Waals surface area (Å²) in [5.74, 6) is 1.24. The molecule has 0 aromatic heterocycles. The van der Waals surface area contributed by atoms with Crippen LogP contribution in [-0.4, -0.2) is 67.5 Å². The third-order valence-corrected chi connectivity index (χ3v) is 5.85. The van der Waals surface area contributed by atoms with Crippen molar-refractivity contribution in [2.24, 2.45) is 11.8 Å². The first-order valence-corrected chi connectivity index (χ1v) is 10.2. The smallest absolute Gasteiger partial charge is 0.260 e. The van der Waals surface area contributed by atoms with E-state index in [9.17, 15) is 14.0 Å². The van der Waals surface area contributed by atoms with Gasteiger partial charge in [0.25, 0.3) is 5.91 Å². The largest absolute Gasteiger partial charge is 0.484 e. The van der Waals surface area contributed by atoms with Crippen molar-refractivity contribution in [1.82, 2.24) is 15.1 Å². The molecule has 2 aliphatic rings. The van der Waals surface area contributed by atoms with Crippen LogP contribution in [-0.2, 0) is 9.59 Å². The van der Waals surface area contributed by atoms with Gasteiger partial charge < -0.3 is 19.9 Å². The number of nitrogens with zero attached hydrogens (tertiary/aromatic N) is 2. The molecule has 28 heavy (non-hydrogen) atoms. The van der Waals surface area contributed by atoms with Gasteiger partial charge in [-0.3, -0.25) is 9.59 Å². The molecule has 2 heterocycles. The Hall–Kier alpha value is -2.15. The Morgan fingerprint density at radius 2 is 1.64 bits per heavy atom. The second-order valence-corrected chi connectivity index (χ2v) is 7.77. The molecule has 0 saturated carbocycles. The molecule has 0 spiro atoms. The highest BCUT2D eigenvalue weighted by molar-refractivity contribution is 5.79. The summed E-state index contributed by atoms with van der Waals surface area (Å²) in [7, 11) is 0. The molecule has 0 aliphatic carbocycles. The Bertz CT molecular complexity index is 653. The molecule has 3 rings (SSSR count). The number of ether oxygens (including phenoxy) is 1. The van der Waals surface area contributed by atoms with E-state index in [4.69, 9.17) is 4.74 Å². The average molecular weight is 391 g/mol. The number of nitrogens with one attached hydrogen (secondary N) is 1. The number of carbonyl (C=O) groups excluding carboxylic acids is 2. The third-order valence-electron chi connectivity index (χ3n) is 5.85. The van der Waals surface area contributed by atoms with Crippen molar-refractivity contribution in [2.75, 3.05) is 45.9 Å². The highest BCUT2D eigenvalue weighted by atomic mass is 19.1. The van der Waals surface area contributed by atoms with E-state index >= 15 is 0 Å². The van der Waals surface area contributed by atoms with Gasteiger partial charge in [0, 0.05) is 32.6 Å². The Balaban J connectivity index is 1.38. The van der Waals surface area contributed by atoms with E-state index in [-0.39, 0.29) is 24.2 Å². The van der Waals surface area contributed by atoms with E-state index in [1.54, 1.807) is 4.90 Å². The number of rotatable bonds is 6. The van der Waals surface area contributed by atoms with Crippen LogP contribution in [0.2, 0.25) is 0 Å². The Morgan fingerprint density at radius 3 is 2.25 bits per heavy atom. The fraction of sp³-hybridized carbons (Fsp3) is 0.619. The minimum Gasteiger partial charge on any atom is -0.484 e. The molecule has 1 aromatic rings. The van der Waals surface area contributed by atoms with Gasteiger partial charge >= 0.3 is 0 Å². The van der Waals surface area contributed by atoms with Crippen LogP contribution >= 0.6 is 0 Å². The predicted octanol–water partition coefficient (Wildman–Crippen LogP) is 1.90.